The van der Waals surface area contributed by atoms with Crippen molar-refractivity contribution in [2.45, 2.75) is 32.5 Å². The molecule has 29 heavy (non-hydrogen) atoms. The Morgan fingerprint density at radius 1 is 1.14 bits per heavy atom. The molecule has 1 N–H and O–H groups in total. The molecule has 158 valence electrons. The lowest BCUT2D eigenvalue weighted by molar-refractivity contribution is -0.0979. The maximum absolute atomic E-state index is 14.3. The second-order valence-corrected chi connectivity index (χ2v) is 8.07. The van der Waals surface area contributed by atoms with Gasteiger partial charge in [0.25, 0.3) is 0 Å². The number of amides is 1. The number of ether oxygens (including phenoxy) is 3. The van der Waals surface area contributed by atoms with E-state index in [4.69, 9.17) is 14.2 Å². The summed E-state index contributed by atoms with van der Waals surface area (Å²) in [6.45, 7) is 8.73. The smallest absolute Gasteiger partial charge is 0.409 e. The zero-order valence-electron chi connectivity index (χ0n) is 17.2. The van der Waals surface area contributed by atoms with Gasteiger partial charge >= 0.3 is 6.09 Å². The third-order valence-corrected chi connectivity index (χ3v) is 4.53. The summed E-state index contributed by atoms with van der Waals surface area (Å²) in [4.78, 5) is 14.0. The van der Waals surface area contributed by atoms with Crippen LogP contribution in [0.15, 0.2) is 36.4 Å². The minimum absolute atomic E-state index is 0.0628. The van der Waals surface area contributed by atoms with Crippen molar-refractivity contribution in [3.05, 3.63) is 42.2 Å². The van der Waals surface area contributed by atoms with Crippen LogP contribution in [0.2, 0.25) is 0 Å². The number of nitrogens with one attached hydrogen (secondary N) is 1. The number of benzene rings is 2. The van der Waals surface area contributed by atoms with Gasteiger partial charge in [0.2, 0.25) is 0 Å². The zero-order chi connectivity index (χ0) is 20.9. The van der Waals surface area contributed by atoms with E-state index >= 15 is 0 Å². The quantitative estimate of drug-likeness (QED) is 0.798. The summed E-state index contributed by atoms with van der Waals surface area (Å²) in [5.74, 6) is 0.105. The first kappa shape index (κ1) is 21.3. The molecule has 7 heteroatoms. The molecule has 1 aliphatic rings. The first-order chi connectivity index (χ1) is 13.8. The van der Waals surface area contributed by atoms with Gasteiger partial charge in [0.1, 0.15) is 30.9 Å². The van der Waals surface area contributed by atoms with Crippen LogP contribution in [0.5, 0.6) is 5.75 Å². The summed E-state index contributed by atoms with van der Waals surface area (Å²) in [5.41, 5.74) is -0.445. The number of carbonyl (C=O) groups excluding carboxylic acids is 1. The van der Waals surface area contributed by atoms with Crippen molar-refractivity contribution >= 4 is 16.9 Å². The monoisotopic (exact) mass is 404 g/mol. The Bertz CT molecular complexity index is 826. The number of piperazine rings is 1. The fourth-order valence-electron chi connectivity index (χ4n) is 3.28. The fraction of sp³-hybridized carbons (Fsp3) is 0.500. The third-order valence-electron chi connectivity index (χ3n) is 4.53. The molecule has 0 aliphatic carbocycles. The maximum Gasteiger partial charge on any atom is 0.409 e. The molecule has 1 heterocycles. The molecule has 1 unspecified atom stereocenters. The number of hydrogen-bond acceptors (Lipinski definition) is 5. The molecule has 0 spiro atoms. The largest absolute Gasteiger partial charge is 0.490 e. The SMILES string of the molecule is CC(C)(C)OC(COC(=O)N1CCNCC1)COc1cccc2cccc(F)c12. The van der Waals surface area contributed by atoms with Gasteiger partial charge in [0, 0.05) is 26.2 Å². The Morgan fingerprint density at radius 3 is 2.52 bits per heavy atom. The van der Waals surface area contributed by atoms with Crippen LogP contribution < -0.4 is 10.1 Å². The predicted molar refractivity (Wildman–Crippen MR) is 110 cm³/mol. The average molecular weight is 404 g/mol. The molecule has 3 rings (SSSR count). The number of nitrogens with zero attached hydrogens (tertiary/aromatic N) is 1. The molecular weight excluding hydrogens is 375 g/mol. The topological polar surface area (TPSA) is 60.0 Å². The van der Waals surface area contributed by atoms with Crippen molar-refractivity contribution in [3.63, 3.8) is 0 Å². The lowest BCUT2D eigenvalue weighted by Crippen LogP contribution is -2.47. The molecule has 1 saturated heterocycles. The molecule has 0 bridgehead atoms. The molecule has 1 amide bonds. The van der Waals surface area contributed by atoms with Gasteiger partial charge in [-0.3, -0.25) is 0 Å². The van der Waals surface area contributed by atoms with Crippen LogP contribution in [0.4, 0.5) is 9.18 Å². The average Bonchev–Trinajstić information content (AvgIpc) is 2.69. The Hall–Kier alpha value is -2.38. The number of rotatable bonds is 6. The first-order valence-electron chi connectivity index (χ1n) is 9.94. The van der Waals surface area contributed by atoms with E-state index in [0.717, 1.165) is 18.5 Å². The standard InChI is InChI=1S/C22H29FN2O4/c1-22(2,3)29-17(15-28-21(26)25-12-10-24-11-13-25)14-27-19-9-5-7-16-6-4-8-18(23)20(16)19/h4-9,17,24H,10-15H2,1-3H3. The molecular formula is C22H29FN2O4. The van der Waals surface area contributed by atoms with E-state index in [1.807, 2.05) is 39.0 Å². The lowest BCUT2D eigenvalue weighted by Gasteiger charge is -2.30. The molecule has 1 fully saturated rings. The Labute approximate surface area is 170 Å². The Balaban J connectivity index is 1.65. The van der Waals surface area contributed by atoms with Gasteiger partial charge in [-0.15, -0.1) is 0 Å². The minimum atomic E-state index is -0.483. The highest BCUT2D eigenvalue weighted by atomic mass is 19.1. The molecule has 2 aromatic carbocycles. The molecule has 0 saturated carbocycles. The molecule has 0 radical (unpaired) electrons. The molecule has 0 aromatic heterocycles. The first-order valence-corrected chi connectivity index (χ1v) is 9.94. The van der Waals surface area contributed by atoms with Gasteiger partial charge in [-0.1, -0.05) is 24.3 Å². The lowest BCUT2D eigenvalue weighted by atomic mass is 10.1. The number of hydrogen-bond donors (Lipinski definition) is 1. The Kier molecular flexibility index (Phi) is 6.92. The number of halogens is 1. The van der Waals surface area contributed by atoms with Gasteiger partial charge in [-0.2, -0.15) is 0 Å². The fourth-order valence-corrected chi connectivity index (χ4v) is 3.28. The van der Waals surface area contributed by atoms with Crippen LogP contribution in [0, 0.1) is 5.82 Å². The van der Waals surface area contributed by atoms with Crippen LogP contribution >= 0.6 is 0 Å². The second kappa shape index (κ2) is 9.41. The summed E-state index contributed by atoms with van der Waals surface area (Å²) in [5, 5.41) is 4.40. The molecule has 1 aliphatic heterocycles. The van der Waals surface area contributed by atoms with Crippen molar-refractivity contribution < 1.29 is 23.4 Å². The van der Waals surface area contributed by atoms with E-state index in [1.54, 1.807) is 17.0 Å². The highest BCUT2D eigenvalue weighted by Gasteiger charge is 2.24. The van der Waals surface area contributed by atoms with Gasteiger partial charge in [0.05, 0.1) is 11.0 Å². The van der Waals surface area contributed by atoms with Crippen molar-refractivity contribution in [2.24, 2.45) is 0 Å². The predicted octanol–water partition coefficient (Wildman–Crippen LogP) is 3.58. The molecule has 1 atom stereocenters. The highest BCUT2D eigenvalue weighted by Crippen LogP contribution is 2.28. The summed E-state index contributed by atoms with van der Waals surface area (Å²) < 4.78 is 31.7. The van der Waals surface area contributed by atoms with Gasteiger partial charge < -0.3 is 24.4 Å². The van der Waals surface area contributed by atoms with Crippen molar-refractivity contribution in [2.75, 3.05) is 39.4 Å². The van der Waals surface area contributed by atoms with Crippen LogP contribution in [0.3, 0.4) is 0 Å². The summed E-state index contributed by atoms with van der Waals surface area (Å²) in [6.07, 6.45) is -0.839. The number of fused-ring (bicyclic) bond motifs is 1. The minimum Gasteiger partial charge on any atom is -0.490 e. The van der Waals surface area contributed by atoms with Gasteiger partial charge in [-0.25, -0.2) is 9.18 Å². The molecule has 6 nitrogen and oxygen atoms in total. The highest BCUT2D eigenvalue weighted by molar-refractivity contribution is 5.88. The van der Waals surface area contributed by atoms with Crippen LogP contribution in [-0.4, -0.2) is 62.1 Å². The zero-order valence-corrected chi connectivity index (χ0v) is 17.2. The number of carbonyl (C=O) groups is 1. The maximum atomic E-state index is 14.3. The van der Waals surface area contributed by atoms with Crippen molar-refractivity contribution in [1.29, 1.82) is 0 Å². The van der Waals surface area contributed by atoms with E-state index in [-0.39, 0.29) is 25.1 Å². The van der Waals surface area contributed by atoms with Crippen molar-refractivity contribution in [1.82, 2.24) is 10.2 Å². The van der Waals surface area contributed by atoms with E-state index < -0.39 is 11.7 Å². The van der Waals surface area contributed by atoms with Crippen LogP contribution in [0.1, 0.15) is 20.8 Å². The van der Waals surface area contributed by atoms with Crippen LogP contribution in [-0.2, 0) is 9.47 Å². The van der Waals surface area contributed by atoms with E-state index in [2.05, 4.69) is 5.32 Å². The van der Waals surface area contributed by atoms with E-state index in [1.165, 1.54) is 6.07 Å². The summed E-state index contributed by atoms with van der Waals surface area (Å²) in [7, 11) is 0. The van der Waals surface area contributed by atoms with E-state index in [0.29, 0.717) is 24.2 Å². The van der Waals surface area contributed by atoms with Crippen LogP contribution in [0.25, 0.3) is 10.8 Å². The van der Waals surface area contributed by atoms with Crippen molar-refractivity contribution in [3.8, 4) is 5.75 Å². The summed E-state index contributed by atoms with van der Waals surface area (Å²) >= 11 is 0. The van der Waals surface area contributed by atoms with Gasteiger partial charge in [-0.05, 0) is 38.3 Å². The second-order valence-electron chi connectivity index (χ2n) is 8.07. The molecule has 2 aromatic rings. The van der Waals surface area contributed by atoms with Gasteiger partial charge in [0.15, 0.2) is 0 Å². The third kappa shape index (κ3) is 6.05. The summed E-state index contributed by atoms with van der Waals surface area (Å²) in [6, 6.07) is 10.3. The Morgan fingerprint density at radius 2 is 1.83 bits per heavy atom. The van der Waals surface area contributed by atoms with E-state index in [9.17, 15) is 9.18 Å². The normalized spacial score (nSPS) is 15.9.